The second-order valence-corrected chi connectivity index (χ2v) is 7.45. The van der Waals surface area contributed by atoms with E-state index in [0.717, 1.165) is 10.1 Å². The summed E-state index contributed by atoms with van der Waals surface area (Å²) in [5.74, 6) is -0.721. The maximum atomic E-state index is 15.4. The van der Waals surface area contributed by atoms with Crippen LogP contribution in [0.2, 0.25) is 0 Å². The minimum Gasteiger partial charge on any atom is -0.206 e. The van der Waals surface area contributed by atoms with Crippen LogP contribution in [0.1, 0.15) is 5.56 Å². The number of halogens is 4. The van der Waals surface area contributed by atoms with Crippen molar-refractivity contribution in [3.63, 3.8) is 0 Å². The predicted molar refractivity (Wildman–Crippen MR) is 103 cm³/mol. The Kier molecular flexibility index (Phi) is 3.64. The van der Waals surface area contributed by atoms with Crippen LogP contribution in [0.15, 0.2) is 60.8 Å². The van der Waals surface area contributed by atoms with Crippen molar-refractivity contribution >= 4 is 43.1 Å². The molecule has 0 aliphatic heterocycles. The van der Waals surface area contributed by atoms with Crippen LogP contribution in [0.5, 0.6) is 0 Å². The maximum Gasteiger partial charge on any atom is 0.419 e. The topological polar surface area (TPSA) is 25.8 Å². The van der Waals surface area contributed by atoms with Crippen molar-refractivity contribution in [2.24, 2.45) is 0 Å². The predicted octanol–water partition coefficient (Wildman–Crippen LogP) is 6.82. The molecular weight excluding hydrogens is 388 g/mol. The molecule has 0 unspecified atom stereocenters. The van der Waals surface area contributed by atoms with Gasteiger partial charge in [-0.2, -0.15) is 18.3 Å². The van der Waals surface area contributed by atoms with Gasteiger partial charge in [-0.15, -0.1) is 16.4 Å². The quantitative estimate of drug-likeness (QED) is 0.229. The maximum absolute atomic E-state index is 15.4. The van der Waals surface area contributed by atoms with Gasteiger partial charge in [0.2, 0.25) is 0 Å². The fourth-order valence-corrected chi connectivity index (χ4v) is 4.61. The van der Waals surface area contributed by atoms with Gasteiger partial charge in [-0.25, -0.2) is 4.39 Å². The van der Waals surface area contributed by atoms with Gasteiger partial charge in [-0.1, -0.05) is 42.5 Å². The molecule has 0 aliphatic carbocycles. The normalized spacial score (nSPS) is 12.3. The summed E-state index contributed by atoms with van der Waals surface area (Å²) in [6, 6.07) is 15.0. The van der Waals surface area contributed by atoms with Gasteiger partial charge in [-0.05, 0) is 22.9 Å². The molecule has 0 N–H and O–H groups in total. The zero-order valence-corrected chi connectivity index (χ0v) is 14.9. The van der Waals surface area contributed by atoms with Gasteiger partial charge in [0.1, 0.15) is 11.3 Å². The third-order valence-electron chi connectivity index (χ3n) is 4.71. The summed E-state index contributed by atoms with van der Waals surface area (Å²) in [5.41, 5.74) is -1.13. The van der Waals surface area contributed by atoms with Crippen molar-refractivity contribution in [3.05, 3.63) is 72.2 Å². The number of rotatable bonds is 1. The molecule has 0 atom stereocenters. The molecule has 0 aliphatic rings. The van der Waals surface area contributed by atoms with Crippen molar-refractivity contribution in [2.75, 3.05) is 0 Å². The summed E-state index contributed by atoms with van der Waals surface area (Å²) in [6.07, 6.45) is -3.37. The first-order chi connectivity index (χ1) is 13.4. The Hall–Kier alpha value is -3.06. The van der Waals surface area contributed by atoms with E-state index in [1.165, 1.54) is 41.8 Å². The van der Waals surface area contributed by atoms with E-state index in [2.05, 4.69) is 10.2 Å². The molecule has 0 saturated heterocycles. The third kappa shape index (κ3) is 2.46. The lowest BCUT2D eigenvalue weighted by molar-refractivity contribution is -0.135. The molecule has 2 aromatic heterocycles. The largest absolute Gasteiger partial charge is 0.419 e. The van der Waals surface area contributed by atoms with E-state index in [1.807, 2.05) is 30.3 Å². The molecule has 7 heteroatoms. The summed E-state index contributed by atoms with van der Waals surface area (Å²) in [6.45, 7) is 0. The van der Waals surface area contributed by atoms with Gasteiger partial charge in [0, 0.05) is 25.9 Å². The number of fused-ring (bicyclic) bond motifs is 3. The molecular formula is C21H10F4N2S. The monoisotopic (exact) mass is 398 g/mol. The smallest absolute Gasteiger partial charge is 0.206 e. The lowest BCUT2D eigenvalue weighted by Crippen LogP contribution is -2.10. The van der Waals surface area contributed by atoms with Gasteiger partial charge in [0.05, 0.1) is 11.8 Å². The molecule has 0 fully saturated rings. The van der Waals surface area contributed by atoms with E-state index in [0.29, 0.717) is 10.4 Å². The Labute approximate surface area is 160 Å². The summed E-state index contributed by atoms with van der Waals surface area (Å²) in [4.78, 5) is 0.642. The van der Waals surface area contributed by atoms with Crippen LogP contribution in [0.3, 0.4) is 0 Å². The lowest BCUT2D eigenvalue weighted by atomic mass is 9.96. The van der Waals surface area contributed by atoms with Crippen molar-refractivity contribution in [1.29, 1.82) is 0 Å². The van der Waals surface area contributed by atoms with Gasteiger partial charge < -0.3 is 0 Å². The Morgan fingerprint density at radius 3 is 2.36 bits per heavy atom. The molecule has 0 saturated carbocycles. The number of benzene rings is 3. The molecule has 0 radical (unpaired) electrons. The van der Waals surface area contributed by atoms with E-state index in [9.17, 15) is 13.2 Å². The van der Waals surface area contributed by atoms with Gasteiger partial charge >= 0.3 is 6.18 Å². The molecule has 3 aromatic carbocycles. The van der Waals surface area contributed by atoms with E-state index in [4.69, 9.17) is 0 Å². The highest BCUT2D eigenvalue weighted by atomic mass is 32.1. The highest BCUT2D eigenvalue weighted by Crippen LogP contribution is 2.44. The molecule has 5 rings (SSSR count). The molecule has 28 heavy (non-hydrogen) atoms. The SMILES string of the molecule is Fc1c2ccccc2c(C(F)(F)F)c2nncc(-c3cc4ccccc4s3)c12. The highest BCUT2D eigenvalue weighted by Gasteiger charge is 2.37. The highest BCUT2D eigenvalue weighted by molar-refractivity contribution is 7.22. The minimum atomic E-state index is -4.70. The van der Waals surface area contributed by atoms with Crippen LogP contribution in [0.4, 0.5) is 17.6 Å². The second kappa shape index (κ2) is 5.97. The zero-order valence-electron chi connectivity index (χ0n) is 14.1. The fraction of sp³-hybridized carbons (Fsp3) is 0.0476. The van der Waals surface area contributed by atoms with E-state index < -0.39 is 23.1 Å². The fourth-order valence-electron chi connectivity index (χ4n) is 3.53. The molecule has 0 amide bonds. The number of aromatic nitrogens is 2. The molecule has 0 bridgehead atoms. The van der Waals surface area contributed by atoms with Crippen LogP contribution >= 0.6 is 11.3 Å². The van der Waals surface area contributed by atoms with Crippen LogP contribution in [-0.2, 0) is 6.18 Å². The number of hydrogen-bond acceptors (Lipinski definition) is 3. The van der Waals surface area contributed by atoms with Crippen LogP contribution in [-0.4, -0.2) is 10.2 Å². The first kappa shape index (κ1) is 17.1. The van der Waals surface area contributed by atoms with Crippen molar-refractivity contribution < 1.29 is 17.6 Å². The lowest BCUT2D eigenvalue weighted by Gasteiger charge is -2.15. The first-order valence-corrected chi connectivity index (χ1v) is 9.18. The van der Waals surface area contributed by atoms with Crippen LogP contribution < -0.4 is 0 Å². The van der Waals surface area contributed by atoms with E-state index >= 15 is 4.39 Å². The van der Waals surface area contributed by atoms with Crippen LogP contribution in [0.25, 0.3) is 42.2 Å². The summed E-state index contributed by atoms with van der Waals surface area (Å²) in [5, 5.41) is 7.93. The molecule has 138 valence electrons. The summed E-state index contributed by atoms with van der Waals surface area (Å²) < 4.78 is 58.0. The average molecular weight is 398 g/mol. The third-order valence-corrected chi connectivity index (χ3v) is 5.86. The standard InChI is InChI=1S/C21H10F4N2S/c22-19-13-7-3-2-6-12(13)18(21(23,24)25)20-17(19)14(10-26-27-20)16-9-11-5-1-4-8-15(11)28-16/h1-10H. The van der Waals surface area contributed by atoms with Gasteiger partial charge in [0.15, 0.2) is 0 Å². The molecule has 5 aromatic rings. The number of hydrogen-bond donors (Lipinski definition) is 0. The zero-order chi connectivity index (χ0) is 19.5. The Bertz CT molecular complexity index is 1340. The Balaban J connectivity index is 1.96. The molecule has 2 nitrogen and oxygen atoms in total. The summed E-state index contributed by atoms with van der Waals surface area (Å²) >= 11 is 1.38. The van der Waals surface area contributed by atoms with Crippen LogP contribution in [0, 0.1) is 5.82 Å². The number of thiophene rings is 1. The second-order valence-electron chi connectivity index (χ2n) is 6.36. The van der Waals surface area contributed by atoms with Crippen molar-refractivity contribution in [1.82, 2.24) is 10.2 Å². The van der Waals surface area contributed by atoms with Crippen molar-refractivity contribution in [3.8, 4) is 10.4 Å². The summed E-state index contributed by atoms with van der Waals surface area (Å²) in [7, 11) is 0. The molecule has 2 heterocycles. The van der Waals surface area contributed by atoms with Gasteiger partial charge in [0.25, 0.3) is 0 Å². The average Bonchev–Trinajstić information content (AvgIpc) is 3.11. The number of alkyl halides is 3. The molecule has 0 spiro atoms. The van der Waals surface area contributed by atoms with Gasteiger partial charge in [-0.3, -0.25) is 0 Å². The van der Waals surface area contributed by atoms with Crippen molar-refractivity contribution in [2.45, 2.75) is 6.18 Å². The number of nitrogens with zero attached hydrogens (tertiary/aromatic N) is 2. The van der Waals surface area contributed by atoms with E-state index in [1.54, 1.807) is 0 Å². The Morgan fingerprint density at radius 2 is 1.61 bits per heavy atom. The van der Waals surface area contributed by atoms with E-state index in [-0.39, 0.29) is 16.2 Å². The minimum absolute atomic E-state index is 0.0855. The first-order valence-electron chi connectivity index (χ1n) is 8.37. The Morgan fingerprint density at radius 1 is 0.893 bits per heavy atom.